The number of terminal acetylenes is 1. The monoisotopic (exact) mass is 670 g/mol. The van der Waals surface area contributed by atoms with Crippen molar-refractivity contribution >= 4 is 39.4 Å². The molecule has 7 rings (SSSR count). The summed E-state index contributed by atoms with van der Waals surface area (Å²) >= 11 is 0. The quantitative estimate of drug-likeness (QED) is 0.147. The van der Waals surface area contributed by atoms with Gasteiger partial charge in [0.15, 0.2) is 24.1 Å². The van der Waals surface area contributed by atoms with Crippen LogP contribution < -0.4 is 14.4 Å². The molecule has 2 aromatic heterocycles. The van der Waals surface area contributed by atoms with E-state index in [9.17, 15) is 14.7 Å². The van der Waals surface area contributed by atoms with Gasteiger partial charge in [0.2, 0.25) is 11.7 Å². The lowest BCUT2D eigenvalue weighted by Crippen LogP contribution is -2.46. The second kappa shape index (κ2) is 12.9. The number of hydrogen-bond donors (Lipinski definition) is 1. The van der Waals surface area contributed by atoms with Crippen LogP contribution in [0.4, 0.5) is 10.2 Å². The first-order valence-corrected chi connectivity index (χ1v) is 16.6. The number of ether oxygens (including phenoxy) is 3. The molecule has 0 radical (unpaired) electrons. The second-order valence-electron chi connectivity index (χ2n) is 13.4. The highest BCUT2D eigenvalue weighted by atomic mass is 19.1. The summed E-state index contributed by atoms with van der Waals surface area (Å²) in [6, 6.07) is 5.93. The lowest BCUT2D eigenvalue weighted by molar-refractivity contribution is -0.127. The van der Waals surface area contributed by atoms with Crippen molar-refractivity contribution < 1.29 is 33.3 Å². The zero-order valence-corrected chi connectivity index (χ0v) is 27.9. The summed E-state index contributed by atoms with van der Waals surface area (Å²) in [5, 5.41) is 11.9. The van der Waals surface area contributed by atoms with E-state index in [1.807, 2.05) is 9.47 Å². The van der Waals surface area contributed by atoms with Crippen molar-refractivity contribution in [3.63, 3.8) is 0 Å². The zero-order valence-electron chi connectivity index (χ0n) is 27.9. The third-order valence-corrected chi connectivity index (χ3v) is 9.94. The van der Waals surface area contributed by atoms with Gasteiger partial charge in [-0.1, -0.05) is 12.0 Å². The van der Waals surface area contributed by atoms with Crippen LogP contribution in [0.2, 0.25) is 0 Å². The number of piperidine rings is 1. The van der Waals surface area contributed by atoms with E-state index in [2.05, 4.69) is 5.92 Å². The number of methoxy groups -OCH3 is 1. The lowest BCUT2D eigenvalue weighted by atomic mass is 9.91. The topological polar surface area (TPSA) is 132 Å². The molecule has 12 nitrogen and oxygen atoms in total. The van der Waals surface area contributed by atoms with E-state index in [0.717, 1.165) is 25.7 Å². The number of halogens is 1. The molecule has 1 amide bonds. The van der Waals surface area contributed by atoms with Gasteiger partial charge in [-0.15, -0.1) is 6.42 Å². The van der Waals surface area contributed by atoms with Crippen LogP contribution in [-0.4, -0.2) is 93.5 Å². The molecular formula is C36H39FN6O6. The Morgan fingerprint density at radius 3 is 2.65 bits per heavy atom. The molecule has 4 heterocycles. The van der Waals surface area contributed by atoms with E-state index in [-0.39, 0.29) is 65.4 Å². The van der Waals surface area contributed by atoms with Crippen molar-refractivity contribution in [2.45, 2.75) is 69.6 Å². The summed E-state index contributed by atoms with van der Waals surface area (Å²) in [4.78, 5) is 45.0. The number of β-amino-alcohol motifs (C(OH)–C–C–N with tert-alkyl or cyclic N) is 1. The number of anilines is 1. The Morgan fingerprint density at radius 1 is 1.16 bits per heavy atom. The second-order valence-corrected chi connectivity index (χ2v) is 13.4. The van der Waals surface area contributed by atoms with Crippen molar-refractivity contribution in [2.24, 2.45) is 0 Å². The van der Waals surface area contributed by atoms with E-state index < -0.39 is 17.2 Å². The molecule has 4 aromatic rings. The maximum absolute atomic E-state index is 15.1. The Balaban J connectivity index is 1.41. The predicted molar refractivity (Wildman–Crippen MR) is 179 cm³/mol. The molecule has 0 bridgehead atoms. The smallest absolute Gasteiger partial charge is 0.320 e. The molecule has 2 saturated heterocycles. The van der Waals surface area contributed by atoms with Crippen LogP contribution in [-0.2, 0) is 9.53 Å². The maximum atomic E-state index is 15.1. The summed E-state index contributed by atoms with van der Waals surface area (Å²) in [6.07, 6.45) is 10.9. The third kappa shape index (κ3) is 6.04. The predicted octanol–water partition coefficient (Wildman–Crippen LogP) is 4.39. The first kappa shape index (κ1) is 32.7. The van der Waals surface area contributed by atoms with E-state index >= 15 is 4.39 Å². The summed E-state index contributed by atoms with van der Waals surface area (Å²) in [6.45, 7) is 2.86. The number of carbonyl (C=O) groups is 2. The van der Waals surface area contributed by atoms with Crippen LogP contribution in [0.5, 0.6) is 11.8 Å². The molecule has 2 aromatic carbocycles. The van der Waals surface area contributed by atoms with Crippen LogP contribution in [0.25, 0.3) is 21.9 Å². The first-order chi connectivity index (χ1) is 23.6. The van der Waals surface area contributed by atoms with Gasteiger partial charge in [0.05, 0.1) is 17.2 Å². The van der Waals surface area contributed by atoms with Gasteiger partial charge in [-0.25, -0.2) is 9.37 Å². The highest BCUT2D eigenvalue weighted by molar-refractivity contribution is 6.17. The highest BCUT2D eigenvalue weighted by Crippen LogP contribution is 2.41. The fraction of sp³-hybridized carbons (Fsp3) is 0.472. The van der Waals surface area contributed by atoms with Crippen molar-refractivity contribution in [1.82, 2.24) is 24.4 Å². The van der Waals surface area contributed by atoms with Crippen molar-refractivity contribution in [3.8, 4) is 24.1 Å². The number of hydrogen-bond acceptors (Lipinski definition) is 10. The Morgan fingerprint density at radius 2 is 1.98 bits per heavy atom. The number of ketones is 1. The zero-order chi connectivity index (χ0) is 34.4. The number of likely N-dealkylation sites (N-methyl/N-ethyl adjacent to an activating group) is 1. The normalized spacial score (nSPS) is 21.3. The van der Waals surface area contributed by atoms with E-state index in [0.29, 0.717) is 54.8 Å². The average molecular weight is 671 g/mol. The largest absolute Gasteiger partial charge is 0.468 e. The van der Waals surface area contributed by atoms with E-state index in [4.69, 9.17) is 35.6 Å². The van der Waals surface area contributed by atoms with Gasteiger partial charge in [0.25, 0.3) is 0 Å². The van der Waals surface area contributed by atoms with Gasteiger partial charge in [-0.2, -0.15) is 9.97 Å². The Hall–Kier alpha value is -4.80. The van der Waals surface area contributed by atoms with Crippen LogP contribution in [0, 0.1) is 18.2 Å². The van der Waals surface area contributed by atoms with Crippen LogP contribution in [0.1, 0.15) is 79.7 Å². The molecule has 1 aliphatic carbocycles. The van der Waals surface area contributed by atoms with Crippen LogP contribution in [0.3, 0.4) is 0 Å². The molecule has 49 heavy (non-hydrogen) atoms. The molecule has 3 fully saturated rings. The molecule has 3 aliphatic rings. The number of imidazole rings is 1. The van der Waals surface area contributed by atoms with Gasteiger partial charge in [0.1, 0.15) is 23.7 Å². The summed E-state index contributed by atoms with van der Waals surface area (Å²) in [7, 11) is 3.24. The standard InChI is InChI=1S/C36H39FN6O6/c1-5-25-27(37)12-10-21-16-24(49-20-47-4)17-26(29(21)25)31(45)34-38-32-30(43(34)22-8-6-9-22)33(42-15-7-14-36(2,46)19-42)40-35(39-32)48-18-23-11-13-28(44)41(23)3/h1,10,12,16-17,22-23,46H,6-9,11,13-15,18-20H2,2-4H3/t23-,36+/m0/s1. The molecule has 13 heteroatoms. The Bertz CT molecular complexity index is 2000. The molecule has 256 valence electrons. The number of benzene rings is 2. The minimum atomic E-state index is -0.958. The number of nitrogens with zero attached hydrogens (tertiary/aromatic N) is 6. The first-order valence-electron chi connectivity index (χ1n) is 16.6. The summed E-state index contributed by atoms with van der Waals surface area (Å²) < 4.78 is 33.9. The van der Waals surface area contributed by atoms with Gasteiger partial charge < -0.3 is 33.7 Å². The minimum Gasteiger partial charge on any atom is -0.468 e. The number of carbonyl (C=O) groups excluding carboxylic acids is 2. The molecule has 1 saturated carbocycles. The van der Waals surface area contributed by atoms with Gasteiger partial charge >= 0.3 is 6.01 Å². The number of likely N-dealkylation sites (tertiary alicyclic amines) is 1. The maximum Gasteiger partial charge on any atom is 0.320 e. The lowest BCUT2D eigenvalue weighted by Gasteiger charge is -2.38. The summed E-state index contributed by atoms with van der Waals surface area (Å²) in [5.74, 6) is 2.34. The number of rotatable bonds is 10. The van der Waals surface area contributed by atoms with Crippen LogP contribution >= 0.6 is 0 Å². The molecule has 2 atom stereocenters. The number of fused-ring (bicyclic) bond motifs is 2. The van der Waals surface area contributed by atoms with Crippen LogP contribution in [0.15, 0.2) is 24.3 Å². The number of amides is 1. The number of aliphatic hydroxyl groups is 1. The molecule has 0 unspecified atom stereocenters. The Kier molecular flexibility index (Phi) is 8.62. The molecule has 1 N–H and O–H groups in total. The molecule has 2 aliphatic heterocycles. The fourth-order valence-corrected chi connectivity index (χ4v) is 7.11. The van der Waals surface area contributed by atoms with Gasteiger partial charge in [0, 0.05) is 50.7 Å². The SMILES string of the molecule is C#Cc1c(F)ccc2cc(OCOC)cc(C(=O)c3nc4nc(OC[C@@H]5CCC(=O)N5C)nc(N5CCC[C@@](C)(O)C5)c4n3C3CCC3)c12. The number of aromatic nitrogens is 4. The van der Waals surface area contributed by atoms with Gasteiger partial charge in [-0.05, 0) is 69.0 Å². The van der Waals surface area contributed by atoms with E-state index in [1.165, 1.54) is 19.2 Å². The third-order valence-electron chi connectivity index (χ3n) is 9.94. The van der Waals surface area contributed by atoms with E-state index in [1.54, 1.807) is 31.0 Å². The molecule has 0 spiro atoms. The van der Waals surface area contributed by atoms with Gasteiger partial charge in [-0.3, -0.25) is 9.59 Å². The Labute approximate surface area is 283 Å². The highest BCUT2D eigenvalue weighted by Gasteiger charge is 2.36. The average Bonchev–Trinajstić information content (AvgIpc) is 3.59. The molecular weight excluding hydrogens is 631 g/mol. The minimum absolute atomic E-state index is 0.0347. The van der Waals surface area contributed by atoms with Crippen molar-refractivity contribution in [1.29, 1.82) is 0 Å². The summed E-state index contributed by atoms with van der Waals surface area (Å²) in [5.41, 5.74) is -0.0394. The fourth-order valence-electron chi connectivity index (χ4n) is 7.11. The van der Waals surface area contributed by atoms with Crippen molar-refractivity contribution in [3.05, 3.63) is 47.0 Å². The van der Waals surface area contributed by atoms with Crippen molar-refractivity contribution in [2.75, 3.05) is 45.5 Å².